The molecule has 1 saturated heterocycles. The average Bonchev–Trinajstić information content (AvgIpc) is 2.32. The van der Waals surface area contributed by atoms with E-state index in [-0.39, 0.29) is 12.0 Å². The lowest BCUT2D eigenvalue weighted by atomic mass is 9.78. The molecule has 0 aromatic heterocycles. The second-order valence-electron chi connectivity index (χ2n) is 5.57. The molecule has 1 saturated carbocycles. The average molecular weight is 224 g/mol. The van der Waals surface area contributed by atoms with Crippen LogP contribution in [0.1, 0.15) is 45.4 Å². The van der Waals surface area contributed by atoms with Crippen molar-refractivity contribution in [3.8, 4) is 0 Å². The molecule has 2 rings (SSSR count). The van der Waals surface area contributed by atoms with Crippen LogP contribution < -0.4 is 5.73 Å². The van der Waals surface area contributed by atoms with Gasteiger partial charge in [0.15, 0.2) is 0 Å². The van der Waals surface area contributed by atoms with Crippen LogP contribution in [0.2, 0.25) is 0 Å². The highest BCUT2D eigenvalue weighted by molar-refractivity contribution is 5.79. The lowest BCUT2D eigenvalue weighted by Crippen LogP contribution is -2.48. The van der Waals surface area contributed by atoms with Crippen LogP contribution in [-0.4, -0.2) is 29.9 Å². The first-order chi connectivity index (χ1) is 7.68. The van der Waals surface area contributed by atoms with E-state index < -0.39 is 0 Å². The predicted octanol–water partition coefficient (Wildman–Crippen LogP) is 1.76. The van der Waals surface area contributed by atoms with Crippen LogP contribution in [0.15, 0.2) is 0 Å². The van der Waals surface area contributed by atoms with Gasteiger partial charge in [-0.15, -0.1) is 0 Å². The van der Waals surface area contributed by atoms with Crippen molar-refractivity contribution in [2.24, 2.45) is 17.6 Å². The fourth-order valence-electron chi connectivity index (χ4n) is 3.04. The Hall–Kier alpha value is -0.570. The number of hydrogen-bond acceptors (Lipinski definition) is 2. The number of nitrogens with two attached hydrogens (primary N) is 1. The normalized spacial score (nSPS) is 36.1. The van der Waals surface area contributed by atoms with E-state index in [2.05, 4.69) is 6.92 Å². The molecule has 3 heteroatoms. The maximum absolute atomic E-state index is 12.4. The van der Waals surface area contributed by atoms with Gasteiger partial charge in [-0.3, -0.25) is 4.79 Å². The van der Waals surface area contributed by atoms with Gasteiger partial charge in [0.05, 0.1) is 5.92 Å². The van der Waals surface area contributed by atoms with Crippen LogP contribution in [0.3, 0.4) is 0 Å². The van der Waals surface area contributed by atoms with E-state index in [9.17, 15) is 4.79 Å². The van der Waals surface area contributed by atoms with Gasteiger partial charge in [-0.25, -0.2) is 0 Å². The van der Waals surface area contributed by atoms with E-state index >= 15 is 0 Å². The molecular weight excluding hydrogens is 200 g/mol. The second kappa shape index (κ2) is 5.17. The number of piperidine rings is 1. The Morgan fingerprint density at radius 2 is 1.88 bits per heavy atom. The number of nitrogens with zero attached hydrogens (tertiary/aromatic N) is 1. The largest absolute Gasteiger partial charge is 0.342 e. The minimum Gasteiger partial charge on any atom is -0.342 e. The number of rotatable bonds is 1. The lowest BCUT2D eigenvalue weighted by molar-refractivity contribution is -0.138. The van der Waals surface area contributed by atoms with Gasteiger partial charge in [-0.05, 0) is 44.4 Å². The van der Waals surface area contributed by atoms with E-state index in [1.54, 1.807) is 0 Å². The Morgan fingerprint density at radius 1 is 1.19 bits per heavy atom. The Bertz CT molecular complexity index is 248. The van der Waals surface area contributed by atoms with Crippen molar-refractivity contribution in [1.29, 1.82) is 0 Å². The maximum atomic E-state index is 12.4. The zero-order valence-electron chi connectivity index (χ0n) is 10.3. The van der Waals surface area contributed by atoms with Gasteiger partial charge < -0.3 is 10.6 Å². The summed E-state index contributed by atoms with van der Waals surface area (Å²) >= 11 is 0. The Labute approximate surface area is 98.4 Å². The molecule has 3 atom stereocenters. The molecule has 2 aliphatic rings. The van der Waals surface area contributed by atoms with Crippen LogP contribution in [0.25, 0.3) is 0 Å². The van der Waals surface area contributed by atoms with Crippen LogP contribution in [0, 0.1) is 11.8 Å². The van der Waals surface area contributed by atoms with Crippen molar-refractivity contribution in [1.82, 2.24) is 4.90 Å². The smallest absolute Gasteiger partial charge is 0.227 e. The standard InChI is InChI=1S/C13H24N2O/c1-10-5-6-12(14)11(9-10)13(16)15-7-3-2-4-8-15/h10-12H,2-9,14H2,1H3. The van der Waals surface area contributed by atoms with E-state index in [1.165, 1.54) is 25.7 Å². The number of amides is 1. The summed E-state index contributed by atoms with van der Waals surface area (Å²) in [5.41, 5.74) is 6.10. The van der Waals surface area contributed by atoms with E-state index in [0.717, 1.165) is 25.9 Å². The minimum absolute atomic E-state index is 0.0989. The molecule has 1 heterocycles. The maximum Gasteiger partial charge on any atom is 0.227 e. The molecule has 1 aliphatic heterocycles. The quantitative estimate of drug-likeness (QED) is 0.737. The first-order valence-corrected chi connectivity index (χ1v) is 6.73. The number of carbonyl (C=O) groups is 1. The molecule has 0 bridgehead atoms. The van der Waals surface area contributed by atoms with Crippen molar-refractivity contribution in [3.63, 3.8) is 0 Å². The highest BCUT2D eigenvalue weighted by Gasteiger charge is 2.34. The van der Waals surface area contributed by atoms with Crippen molar-refractivity contribution >= 4 is 5.91 Å². The van der Waals surface area contributed by atoms with Crippen molar-refractivity contribution < 1.29 is 4.79 Å². The van der Waals surface area contributed by atoms with E-state index in [4.69, 9.17) is 5.73 Å². The molecule has 2 fully saturated rings. The van der Waals surface area contributed by atoms with Crippen LogP contribution in [0.5, 0.6) is 0 Å². The van der Waals surface area contributed by atoms with Crippen molar-refractivity contribution in [2.45, 2.75) is 51.5 Å². The fourth-order valence-corrected chi connectivity index (χ4v) is 3.04. The summed E-state index contributed by atoms with van der Waals surface area (Å²) in [5.74, 6) is 1.10. The summed E-state index contributed by atoms with van der Waals surface area (Å²) in [6, 6.07) is 0.102. The molecule has 0 aromatic carbocycles. The summed E-state index contributed by atoms with van der Waals surface area (Å²) in [5, 5.41) is 0. The SMILES string of the molecule is CC1CCC(N)C(C(=O)N2CCCCC2)C1. The summed E-state index contributed by atoms with van der Waals surface area (Å²) in [6.07, 6.45) is 6.82. The molecule has 0 radical (unpaired) electrons. The first kappa shape index (κ1) is 11.9. The summed E-state index contributed by atoms with van der Waals surface area (Å²) in [7, 11) is 0. The van der Waals surface area contributed by atoms with E-state index in [1.807, 2.05) is 4.90 Å². The van der Waals surface area contributed by atoms with Gasteiger partial charge in [-0.1, -0.05) is 6.92 Å². The highest BCUT2D eigenvalue weighted by Crippen LogP contribution is 2.29. The summed E-state index contributed by atoms with van der Waals surface area (Å²) in [4.78, 5) is 14.4. The molecule has 16 heavy (non-hydrogen) atoms. The lowest BCUT2D eigenvalue weighted by Gasteiger charge is -2.36. The number of carbonyl (C=O) groups excluding carboxylic acids is 1. The fraction of sp³-hybridized carbons (Fsp3) is 0.923. The third kappa shape index (κ3) is 2.57. The highest BCUT2D eigenvalue weighted by atomic mass is 16.2. The second-order valence-corrected chi connectivity index (χ2v) is 5.57. The van der Waals surface area contributed by atoms with Crippen LogP contribution in [0.4, 0.5) is 0 Å². The molecule has 0 aromatic rings. The van der Waals surface area contributed by atoms with Crippen molar-refractivity contribution in [2.75, 3.05) is 13.1 Å². The first-order valence-electron chi connectivity index (χ1n) is 6.73. The molecule has 92 valence electrons. The zero-order valence-corrected chi connectivity index (χ0v) is 10.3. The molecule has 1 amide bonds. The zero-order chi connectivity index (χ0) is 11.5. The minimum atomic E-state index is 0.0989. The van der Waals surface area contributed by atoms with Crippen LogP contribution in [-0.2, 0) is 4.79 Å². The van der Waals surface area contributed by atoms with Gasteiger partial charge in [0.2, 0.25) is 5.91 Å². The van der Waals surface area contributed by atoms with E-state index in [0.29, 0.717) is 11.8 Å². The molecule has 3 unspecified atom stereocenters. The Kier molecular flexibility index (Phi) is 3.85. The molecule has 2 N–H and O–H groups in total. The van der Waals surface area contributed by atoms with Gasteiger partial charge in [0.25, 0.3) is 0 Å². The van der Waals surface area contributed by atoms with Gasteiger partial charge in [0.1, 0.15) is 0 Å². The Morgan fingerprint density at radius 3 is 2.56 bits per heavy atom. The van der Waals surface area contributed by atoms with Gasteiger partial charge >= 0.3 is 0 Å². The molecule has 0 spiro atoms. The topological polar surface area (TPSA) is 46.3 Å². The summed E-state index contributed by atoms with van der Waals surface area (Å²) in [6.45, 7) is 4.15. The monoisotopic (exact) mass is 224 g/mol. The van der Waals surface area contributed by atoms with Gasteiger partial charge in [0, 0.05) is 19.1 Å². The third-order valence-electron chi connectivity index (χ3n) is 4.15. The predicted molar refractivity (Wildman–Crippen MR) is 64.9 cm³/mol. The van der Waals surface area contributed by atoms with Crippen LogP contribution >= 0.6 is 0 Å². The summed E-state index contributed by atoms with van der Waals surface area (Å²) < 4.78 is 0. The van der Waals surface area contributed by atoms with Crippen molar-refractivity contribution in [3.05, 3.63) is 0 Å². The number of hydrogen-bond donors (Lipinski definition) is 1. The third-order valence-corrected chi connectivity index (χ3v) is 4.15. The molecule has 1 aliphatic carbocycles. The van der Waals surface area contributed by atoms with Gasteiger partial charge in [-0.2, -0.15) is 0 Å². The number of likely N-dealkylation sites (tertiary alicyclic amines) is 1. The molecule has 3 nitrogen and oxygen atoms in total. The molecular formula is C13H24N2O. The Balaban J connectivity index is 1.96.